The highest BCUT2D eigenvalue weighted by molar-refractivity contribution is 5.53. The van der Waals surface area contributed by atoms with E-state index in [4.69, 9.17) is 15.2 Å². The van der Waals surface area contributed by atoms with Crippen molar-refractivity contribution in [1.82, 2.24) is 4.90 Å². The molecule has 0 radical (unpaired) electrons. The summed E-state index contributed by atoms with van der Waals surface area (Å²) >= 11 is 0. The molecule has 1 aliphatic rings. The van der Waals surface area contributed by atoms with Gasteiger partial charge in [0.2, 0.25) is 0 Å². The fourth-order valence-corrected chi connectivity index (χ4v) is 2.46. The van der Waals surface area contributed by atoms with Crippen LogP contribution in [0.3, 0.4) is 0 Å². The number of anilines is 1. The number of nitrogens with zero attached hydrogens (tertiary/aromatic N) is 1. The SMILES string of the molecule is Cc1cc(OCC2CN(C(C)C)CCO2)c(C)cc1N. The molecule has 1 heterocycles. The molecule has 0 aromatic heterocycles. The van der Waals surface area contributed by atoms with Gasteiger partial charge in [0.1, 0.15) is 18.5 Å². The Hall–Kier alpha value is -1.26. The number of hydrogen-bond acceptors (Lipinski definition) is 4. The summed E-state index contributed by atoms with van der Waals surface area (Å²) in [6, 6.07) is 4.53. The maximum atomic E-state index is 5.93. The fraction of sp³-hybridized carbons (Fsp3) is 0.625. The lowest BCUT2D eigenvalue weighted by Gasteiger charge is -2.35. The van der Waals surface area contributed by atoms with E-state index < -0.39 is 0 Å². The predicted molar refractivity (Wildman–Crippen MR) is 82.3 cm³/mol. The normalized spacial score (nSPS) is 20.4. The van der Waals surface area contributed by atoms with E-state index in [2.05, 4.69) is 18.7 Å². The van der Waals surface area contributed by atoms with Crippen LogP contribution in [0.4, 0.5) is 5.69 Å². The van der Waals surface area contributed by atoms with Gasteiger partial charge in [-0.3, -0.25) is 4.90 Å². The molecular formula is C16H26N2O2. The van der Waals surface area contributed by atoms with Gasteiger partial charge in [-0.2, -0.15) is 0 Å². The summed E-state index contributed by atoms with van der Waals surface area (Å²) in [6.07, 6.45) is 0.142. The second kappa shape index (κ2) is 6.46. The molecule has 1 unspecified atom stereocenters. The minimum atomic E-state index is 0.142. The Morgan fingerprint density at radius 2 is 2.10 bits per heavy atom. The highest BCUT2D eigenvalue weighted by Gasteiger charge is 2.22. The van der Waals surface area contributed by atoms with Gasteiger partial charge < -0.3 is 15.2 Å². The Balaban J connectivity index is 1.93. The zero-order valence-corrected chi connectivity index (χ0v) is 13.0. The first-order valence-electron chi connectivity index (χ1n) is 7.32. The molecule has 4 heteroatoms. The Morgan fingerprint density at radius 3 is 2.80 bits per heavy atom. The third-order valence-corrected chi connectivity index (χ3v) is 3.89. The van der Waals surface area contributed by atoms with Crippen LogP contribution in [0.25, 0.3) is 0 Å². The third kappa shape index (κ3) is 3.64. The van der Waals surface area contributed by atoms with Crippen molar-refractivity contribution in [1.29, 1.82) is 0 Å². The summed E-state index contributed by atoms with van der Waals surface area (Å²) in [6.45, 7) is 11.8. The average molecular weight is 278 g/mol. The van der Waals surface area contributed by atoms with E-state index in [0.29, 0.717) is 12.6 Å². The van der Waals surface area contributed by atoms with Crippen LogP contribution >= 0.6 is 0 Å². The van der Waals surface area contributed by atoms with Gasteiger partial charge in [0, 0.05) is 24.8 Å². The molecule has 0 aliphatic carbocycles. The number of ether oxygens (including phenoxy) is 2. The second-order valence-corrected chi connectivity index (χ2v) is 5.87. The lowest BCUT2D eigenvalue weighted by molar-refractivity contribution is -0.0565. The Morgan fingerprint density at radius 1 is 1.35 bits per heavy atom. The molecule has 0 spiro atoms. The number of hydrogen-bond donors (Lipinski definition) is 1. The molecule has 0 amide bonds. The molecule has 0 saturated carbocycles. The smallest absolute Gasteiger partial charge is 0.122 e. The maximum Gasteiger partial charge on any atom is 0.122 e. The number of nitrogen functional groups attached to an aromatic ring is 1. The van der Waals surface area contributed by atoms with Crippen LogP contribution in [-0.2, 0) is 4.74 Å². The molecule has 2 N–H and O–H groups in total. The van der Waals surface area contributed by atoms with Crippen molar-refractivity contribution in [3.63, 3.8) is 0 Å². The van der Waals surface area contributed by atoms with E-state index in [1.807, 2.05) is 26.0 Å². The summed E-state index contributed by atoms with van der Waals surface area (Å²) < 4.78 is 11.7. The highest BCUT2D eigenvalue weighted by Crippen LogP contribution is 2.24. The van der Waals surface area contributed by atoms with E-state index in [0.717, 1.165) is 42.3 Å². The second-order valence-electron chi connectivity index (χ2n) is 5.87. The van der Waals surface area contributed by atoms with Gasteiger partial charge in [-0.15, -0.1) is 0 Å². The minimum Gasteiger partial charge on any atom is -0.491 e. The van der Waals surface area contributed by atoms with Gasteiger partial charge in [0.15, 0.2) is 0 Å². The Kier molecular flexibility index (Phi) is 4.89. The number of nitrogens with two attached hydrogens (primary N) is 1. The van der Waals surface area contributed by atoms with Crippen molar-refractivity contribution in [3.05, 3.63) is 23.3 Å². The molecule has 1 aliphatic heterocycles. The van der Waals surface area contributed by atoms with Gasteiger partial charge in [-0.05, 0) is 51.0 Å². The summed E-state index contributed by atoms with van der Waals surface area (Å²) in [5, 5.41) is 0. The summed E-state index contributed by atoms with van der Waals surface area (Å²) in [4.78, 5) is 2.43. The van der Waals surface area contributed by atoms with Gasteiger partial charge in [0.25, 0.3) is 0 Å². The number of morpholine rings is 1. The molecule has 112 valence electrons. The van der Waals surface area contributed by atoms with Crippen molar-refractivity contribution < 1.29 is 9.47 Å². The molecule has 4 nitrogen and oxygen atoms in total. The lowest BCUT2D eigenvalue weighted by atomic mass is 10.1. The molecule has 2 rings (SSSR count). The number of rotatable bonds is 4. The Bertz CT molecular complexity index is 460. The first-order chi connectivity index (χ1) is 9.47. The fourth-order valence-electron chi connectivity index (χ4n) is 2.46. The third-order valence-electron chi connectivity index (χ3n) is 3.89. The molecule has 1 aromatic carbocycles. The monoisotopic (exact) mass is 278 g/mol. The first kappa shape index (κ1) is 15.1. The quantitative estimate of drug-likeness (QED) is 0.859. The van der Waals surface area contributed by atoms with Crippen molar-refractivity contribution in [2.45, 2.75) is 39.8 Å². The van der Waals surface area contributed by atoms with Crippen LogP contribution in [0.2, 0.25) is 0 Å². The first-order valence-corrected chi connectivity index (χ1v) is 7.32. The zero-order valence-electron chi connectivity index (χ0n) is 13.0. The molecule has 1 fully saturated rings. The summed E-state index contributed by atoms with van der Waals surface area (Å²) in [7, 11) is 0. The van der Waals surface area contributed by atoms with Crippen LogP contribution in [0.5, 0.6) is 5.75 Å². The van der Waals surface area contributed by atoms with Crippen LogP contribution in [-0.4, -0.2) is 43.3 Å². The van der Waals surface area contributed by atoms with Crippen LogP contribution in [0, 0.1) is 13.8 Å². The van der Waals surface area contributed by atoms with Crippen molar-refractivity contribution in [2.24, 2.45) is 0 Å². The maximum absolute atomic E-state index is 5.93. The van der Waals surface area contributed by atoms with E-state index in [9.17, 15) is 0 Å². The minimum absolute atomic E-state index is 0.142. The lowest BCUT2D eigenvalue weighted by Crippen LogP contribution is -2.47. The molecule has 1 atom stereocenters. The molecular weight excluding hydrogens is 252 g/mol. The zero-order chi connectivity index (χ0) is 14.7. The Labute approximate surface area is 121 Å². The highest BCUT2D eigenvalue weighted by atomic mass is 16.5. The average Bonchev–Trinajstić information content (AvgIpc) is 2.41. The van der Waals surface area contributed by atoms with Gasteiger partial charge >= 0.3 is 0 Å². The van der Waals surface area contributed by atoms with Crippen LogP contribution in [0.1, 0.15) is 25.0 Å². The molecule has 1 aromatic rings. The van der Waals surface area contributed by atoms with Crippen LogP contribution < -0.4 is 10.5 Å². The standard InChI is InChI=1S/C16H26N2O2/c1-11(2)18-5-6-19-14(9-18)10-20-16-8-12(3)15(17)7-13(16)4/h7-8,11,14H,5-6,9-10,17H2,1-4H3. The van der Waals surface area contributed by atoms with Crippen molar-refractivity contribution in [3.8, 4) is 5.75 Å². The van der Waals surface area contributed by atoms with E-state index >= 15 is 0 Å². The number of aryl methyl sites for hydroxylation is 2. The van der Waals surface area contributed by atoms with Gasteiger partial charge in [0.05, 0.1) is 6.61 Å². The van der Waals surface area contributed by atoms with Crippen molar-refractivity contribution >= 4 is 5.69 Å². The van der Waals surface area contributed by atoms with E-state index in [1.165, 1.54) is 0 Å². The number of benzene rings is 1. The van der Waals surface area contributed by atoms with E-state index in [-0.39, 0.29) is 6.10 Å². The molecule has 0 bridgehead atoms. The predicted octanol–water partition coefficient (Wildman–Crippen LogP) is 2.37. The largest absolute Gasteiger partial charge is 0.491 e. The van der Waals surface area contributed by atoms with Crippen molar-refractivity contribution in [2.75, 3.05) is 32.0 Å². The molecule has 20 heavy (non-hydrogen) atoms. The van der Waals surface area contributed by atoms with E-state index in [1.54, 1.807) is 0 Å². The van der Waals surface area contributed by atoms with Gasteiger partial charge in [-0.1, -0.05) is 0 Å². The van der Waals surface area contributed by atoms with Crippen LogP contribution in [0.15, 0.2) is 12.1 Å². The summed E-state index contributed by atoms with van der Waals surface area (Å²) in [5.74, 6) is 0.905. The van der Waals surface area contributed by atoms with Gasteiger partial charge in [-0.25, -0.2) is 0 Å². The molecule has 1 saturated heterocycles. The topological polar surface area (TPSA) is 47.7 Å². The summed E-state index contributed by atoms with van der Waals surface area (Å²) in [5.41, 5.74) is 8.84.